The molecule has 0 aliphatic rings. The Morgan fingerprint density at radius 2 is 1.47 bits per heavy atom. The van der Waals surface area contributed by atoms with Gasteiger partial charge in [0.25, 0.3) is 15.7 Å². The van der Waals surface area contributed by atoms with Gasteiger partial charge in [-0.15, -0.1) is 0 Å². The van der Waals surface area contributed by atoms with Gasteiger partial charge in [0.05, 0.1) is 15.5 Å². The molecule has 1 N–H and O–H groups in total. The average molecular weight is 694 g/mol. The van der Waals surface area contributed by atoms with Crippen molar-refractivity contribution in [2.75, 3.05) is 10.8 Å². The van der Waals surface area contributed by atoms with Crippen LogP contribution in [0.15, 0.2) is 119 Å². The molecule has 0 radical (unpaired) electrons. The maximum Gasteiger partial charge on any atom is 0.269 e. The number of benzene rings is 4. The summed E-state index contributed by atoms with van der Waals surface area (Å²) in [6, 6.07) is 27.9. The van der Waals surface area contributed by atoms with Crippen molar-refractivity contribution in [1.82, 2.24) is 10.2 Å². The summed E-state index contributed by atoms with van der Waals surface area (Å²) < 4.78 is 29.7. The van der Waals surface area contributed by atoms with E-state index < -0.39 is 33.4 Å². The SMILES string of the molecule is CC(C)NC(=O)[C@@H](Cc1ccccc1)N(Cc1cccc(Br)c1)C(=O)CN(c1ccc([N+](=O)[O-])cc1)S(=O)(=O)c1ccccc1. The minimum atomic E-state index is -4.31. The molecule has 4 rings (SSSR count). The second-order valence-corrected chi connectivity index (χ2v) is 13.4. The van der Waals surface area contributed by atoms with Crippen LogP contribution in [0.25, 0.3) is 0 Å². The number of nitrogens with one attached hydrogen (secondary N) is 1. The smallest absolute Gasteiger partial charge is 0.269 e. The van der Waals surface area contributed by atoms with Gasteiger partial charge >= 0.3 is 0 Å². The number of carbonyl (C=O) groups is 2. The molecule has 234 valence electrons. The van der Waals surface area contributed by atoms with Crippen molar-refractivity contribution in [3.63, 3.8) is 0 Å². The predicted molar refractivity (Wildman–Crippen MR) is 176 cm³/mol. The highest BCUT2D eigenvalue weighted by atomic mass is 79.9. The first kappa shape index (κ1) is 33.3. The molecule has 10 nitrogen and oxygen atoms in total. The van der Waals surface area contributed by atoms with Crippen LogP contribution in [0.3, 0.4) is 0 Å². The number of amides is 2. The molecular weight excluding hydrogens is 660 g/mol. The Bertz CT molecular complexity index is 1740. The fraction of sp³-hybridized carbons (Fsp3) is 0.212. The highest BCUT2D eigenvalue weighted by molar-refractivity contribution is 9.10. The van der Waals surface area contributed by atoms with Crippen LogP contribution in [0, 0.1) is 10.1 Å². The highest BCUT2D eigenvalue weighted by Gasteiger charge is 2.35. The van der Waals surface area contributed by atoms with Crippen molar-refractivity contribution >= 4 is 49.1 Å². The normalized spacial score (nSPS) is 11.9. The number of hydrogen-bond acceptors (Lipinski definition) is 6. The maximum atomic E-state index is 14.4. The standard InChI is InChI=1S/C33H33BrN4O6S/c1-24(2)35-33(40)31(21-25-10-5-3-6-11-25)36(22-26-12-9-13-27(34)20-26)32(39)23-37(28-16-18-29(19-17-28)38(41)42)45(43,44)30-14-7-4-8-15-30/h3-20,24,31H,21-23H2,1-2H3,(H,35,40)/t31-/m1/s1. The van der Waals surface area contributed by atoms with Gasteiger partial charge in [-0.05, 0) is 61.4 Å². The van der Waals surface area contributed by atoms with E-state index in [-0.39, 0.29) is 41.2 Å². The van der Waals surface area contributed by atoms with Crippen LogP contribution in [0.5, 0.6) is 0 Å². The third kappa shape index (κ3) is 8.77. The molecule has 45 heavy (non-hydrogen) atoms. The van der Waals surface area contributed by atoms with Gasteiger partial charge in [0.2, 0.25) is 11.8 Å². The van der Waals surface area contributed by atoms with Gasteiger partial charge in [0.15, 0.2) is 0 Å². The molecule has 1 atom stereocenters. The number of nitro groups is 1. The van der Waals surface area contributed by atoms with Gasteiger partial charge in [-0.3, -0.25) is 24.0 Å². The van der Waals surface area contributed by atoms with Gasteiger partial charge in [-0.2, -0.15) is 0 Å². The molecule has 0 aliphatic heterocycles. The van der Waals surface area contributed by atoms with E-state index in [2.05, 4.69) is 21.2 Å². The molecule has 0 unspecified atom stereocenters. The molecule has 0 bridgehead atoms. The molecule has 2 amide bonds. The van der Waals surface area contributed by atoms with E-state index in [4.69, 9.17) is 0 Å². The third-order valence-electron chi connectivity index (χ3n) is 6.90. The van der Waals surface area contributed by atoms with Crippen LogP contribution in [0.2, 0.25) is 0 Å². The lowest BCUT2D eigenvalue weighted by Gasteiger charge is -2.34. The van der Waals surface area contributed by atoms with Gasteiger partial charge in [-0.25, -0.2) is 8.42 Å². The Morgan fingerprint density at radius 1 is 0.867 bits per heavy atom. The first-order valence-electron chi connectivity index (χ1n) is 14.2. The Labute approximate surface area is 271 Å². The zero-order valence-corrected chi connectivity index (χ0v) is 27.1. The molecule has 0 saturated heterocycles. The van der Waals surface area contributed by atoms with Crippen molar-refractivity contribution in [3.05, 3.63) is 135 Å². The Balaban J connectivity index is 1.81. The minimum Gasteiger partial charge on any atom is -0.352 e. The molecule has 0 aliphatic carbocycles. The Morgan fingerprint density at radius 3 is 2.04 bits per heavy atom. The molecule has 0 heterocycles. The quantitative estimate of drug-likeness (QED) is 0.141. The molecule has 4 aromatic carbocycles. The molecule has 0 saturated carbocycles. The van der Waals surface area contributed by atoms with Crippen molar-refractivity contribution in [2.45, 2.75) is 43.8 Å². The highest BCUT2D eigenvalue weighted by Crippen LogP contribution is 2.27. The Hall–Kier alpha value is -4.55. The molecule has 4 aromatic rings. The number of halogens is 1. The molecule has 0 aromatic heterocycles. The van der Waals surface area contributed by atoms with Crippen molar-refractivity contribution in [2.24, 2.45) is 0 Å². The van der Waals surface area contributed by atoms with E-state index in [1.807, 2.05) is 68.4 Å². The van der Waals surface area contributed by atoms with Crippen LogP contribution in [-0.2, 0) is 32.6 Å². The number of anilines is 1. The van der Waals surface area contributed by atoms with E-state index in [0.29, 0.717) is 0 Å². The lowest BCUT2D eigenvalue weighted by Crippen LogP contribution is -2.54. The second kappa shape index (κ2) is 15.0. The fourth-order valence-corrected chi connectivity index (χ4v) is 6.64. The first-order valence-corrected chi connectivity index (χ1v) is 16.4. The van der Waals surface area contributed by atoms with Gasteiger partial charge in [0.1, 0.15) is 12.6 Å². The number of sulfonamides is 1. The summed E-state index contributed by atoms with van der Waals surface area (Å²) in [4.78, 5) is 40.2. The summed E-state index contributed by atoms with van der Waals surface area (Å²) in [7, 11) is -4.31. The summed E-state index contributed by atoms with van der Waals surface area (Å²) in [5, 5.41) is 14.2. The largest absolute Gasteiger partial charge is 0.352 e. The first-order chi connectivity index (χ1) is 21.5. The lowest BCUT2D eigenvalue weighted by atomic mass is 10.0. The predicted octanol–water partition coefficient (Wildman–Crippen LogP) is 5.72. The molecule has 0 fully saturated rings. The Kier molecular flexibility index (Phi) is 11.1. The topological polar surface area (TPSA) is 130 Å². The number of hydrogen-bond donors (Lipinski definition) is 1. The maximum absolute atomic E-state index is 14.4. The number of nitro benzene ring substituents is 1. The summed E-state index contributed by atoms with van der Waals surface area (Å²) in [6.07, 6.45) is 0.183. The van der Waals surface area contributed by atoms with E-state index in [0.717, 1.165) is 19.9 Å². The van der Waals surface area contributed by atoms with Crippen molar-refractivity contribution in [3.8, 4) is 0 Å². The third-order valence-corrected chi connectivity index (χ3v) is 9.18. The monoisotopic (exact) mass is 692 g/mol. The number of non-ortho nitro benzene ring substituents is 1. The zero-order chi connectivity index (χ0) is 32.6. The fourth-order valence-electron chi connectivity index (χ4n) is 4.76. The van der Waals surface area contributed by atoms with Crippen LogP contribution in [0.1, 0.15) is 25.0 Å². The van der Waals surface area contributed by atoms with E-state index in [1.165, 1.54) is 41.3 Å². The zero-order valence-electron chi connectivity index (χ0n) is 24.7. The molecular formula is C33H33BrN4O6S. The average Bonchev–Trinajstić information content (AvgIpc) is 3.02. The summed E-state index contributed by atoms with van der Waals surface area (Å²) >= 11 is 3.46. The minimum absolute atomic E-state index is 0.0147. The number of carbonyl (C=O) groups excluding carboxylic acids is 2. The van der Waals surface area contributed by atoms with Gasteiger partial charge < -0.3 is 10.2 Å². The molecule has 0 spiro atoms. The lowest BCUT2D eigenvalue weighted by molar-refractivity contribution is -0.384. The number of rotatable bonds is 13. The number of nitrogens with zero attached hydrogens (tertiary/aromatic N) is 3. The van der Waals surface area contributed by atoms with Crippen LogP contribution in [0.4, 0.5) is 11.4 Å². The molecule has 12 heteroatoms. The summed E-state index contributed by atoms with van der Waals surface area (Å²) in [6.45, 7) is 2.99. The van der Waals surface area contributed by atoms with Gasteiger partial charge in [0, 0.05) is 35.6 Å². The summed E-state index contributed by atoms with van der Waals surface area (Å²) in [5.41, 5.74) is 1.37. The van der Waals surface area contributed by atoms with E-state index >= 15 is 0 Å². The van der Waals surface area contributed by atoms with E-state index in [9.17, 15) is 28.1 Å². The summed E-state index contributed by atoms with van der Waals surface area (Å²) in [5.74, 6) is -1.02. The van der Waals surface area contributed by atoms with E-state index in [1.54, 1.807) is 18.2 Å². The van der Waals surface area contributed by atoms with Crippen molar-refractivity contribution in [1.29, 1.82) is 0 Å². The second-order valence-electron chi connectivity index (χ2n) is 10.6. The van der Waals surface area contributed by atoms with Gasteiger partial charge in [-0.1, -0.05) is 76.6 Å². The van der Waals surface area contributed by atoms with Crippen molar-refractivity contribution < 1.29 is 22.9 Å². The van der Waals surface area contributed by atoms with Crippen LogP contribution >= 0.6 is 15.9 Å². The van der Waals surface area contributed by atoms with Crippen LogP contribution in [-0.4, -0.2) is 48.7 Å². The van der Waals surface area contributed by atoms with Crippen LogP contribution < -0.4 is 9.62 Å².